The van der Waals surface area contributed by atoms with Crippen molar-refractivity contribution in [2.24, 2.45) is 0 Å². The zero-order valence-corrected chi connectivity index (χ0v) is 29.4. The molecule has 0 fully saturated rings. The van der Waals surface area contributed by atoms with Crippen molar-refractivity contribution in [3.05, 3.63) is 178 Å². The van der Waals surface area contributed by atoms with Gasteiger partial charge in [-0.3, -0.25) is 0 Å². The van der Waals surface area contributed by atoms with E-state index in [1.807, 2.05) is 0 Å². The van der Waals surface area contributed by atoms with E-state index in [2.05, 4.69) is 185 Å². The van der Waals surface area contributed by atoms with Crippen LogP contribution in [-0.2, 0) is 10.8 Å². The van der Waals surface area contributed by atoms with Crippen molar-refractivity contribution in [3.63, 3.8) is 0 Å². The summed E-state index contributed by atoms with van der Waals surface area (Å²) in [6.07, 6.45) is 12.7. The van der Waals surface area contributed by atoms with E-state index in [0.717, 1.165) is 25.8 Å². The van der Waals surface area contributed by atoms with Crippen LogP contribution < -0.4 is 9.80 Å². The molecule has 2 heteroatoms. The van der Waals surface area contributed by atoms with Crippen molar-refractivity contribution >= 4 is 22.6 Å². The molecule has 2 nitrogen and oxygen atoms in total. The lowest BCUT2D eigenvalue weighted by Gasteiger charge is -2.29. The molecule has 242 valence electrons. The molecule has 0 aromatic heterocycles. The van der Waals surface area contributed by atoms with E-state index in [1.165, 1.54) is 67.4 Å². The van der Waals surface area contributed by atoms with Gasteiger partial charge in [0.05, 0.1) is 5.70 Å². The summed E-state index contributed by atoms with van der Waals surface area (Å²) in [5.41, 5.74) is 16.1. The fourth-order valence-electron chi connectivity index (χ4n) is 8.38. The van der Waals surface area contributed by atoms with Gasteiger partial charge >= 0.3 is 0 Å². The molecule has 4 aromatic rings. The first-order valence-corrected chi connectivity index (χ1v) is 17.7. The van der Waals surface area contributed by atoms with Crippen LogP contribution in [0.1, 0.15) is 77.5 Å². The number of rotatable bonds is 8. The van der Waals surface area contributed by atoms with E-state index in [0.29, 0.717) is 0 Å². The third-order valence-corrected chi connectivity index (χ3v) is 10.8. The van der Waals surface area contributed by atoms with Gasteiger partial charge in [0.15, 0.2) is 0 Å². The molecule has 4 aromatic carbocycles. The summed E-state index contributed by atoms with van der Waals surface area (Å²) >= 11 is 0. The SMILES string of the molecule is CCC1=C(/C=C/C2=C(N(c3ccccc3)c3ccccc3)C(=C/C=C3/N(CC)c4ccccc4C3(C)C)CC2)C(C)(C)c2ccccc21. The summed E-state index contributed by atoms with van der Waals surface area (Å²) in [4.78, 5) is 4.98. The zero-order valence-electron chi connectivity index (χ0n) is 29.4. The van der Waals surface area contributed by atoms with Gasteiger partial charge in [-0.2, -0.15) is 0 Å². The van der Waals surface area contributed by atoms with E-state index in [9.17, 15) is 0 Å². The van der Waals surface area contributed by atoms with Crippen molar-refractivity contribution in [2.75, 3.05) is 16.3 Å². The van der Waals surface area contributed by atoms with Gasteiger partial charge in [0.2, 0.25) is 0 Å². The van der Waals surface area contributed by atoms with Crippen molar-refractivity contribution < 1.29 is 0 Å². The molecule has 0 radical (unpaired) electrons. The monoisotopic (exact) mass is 628 g/mol. The Balaban J connectivity index is 1.40. The number of fused-ring (bicyclic) bond motifs is 2. The van der Waals surface area contributed by atoms with Crippen LogP contribution in [0.15, 0.2) is 162 Å². The second kappa shape index (κ2) is 12.7. The molecule has 0 saturated carbocycles. The fraction of sp³-hybridized carbons (Fsp3) is 0.261. The van der Waals surface area contributed by atoms with Gasteiger partial charge in [-0.05, 0) is 102 Å². The highest BCUT2D eigenvalue weighted by atomic mass is 15.2. The highest BCUT2D eigenvalue weighted by Crippen LogP contribution is 2.50. The van der Waals surface area contributed by atoms with Gasteiger partial charge in [0.1, 0.15) is 0 Å². The van der Waals surface area contributed by atoms with Gasteiger partial charge in [-0.25, -0.2) is 0 Å². The van der Waals surface area contributed by atoms with Gasteiger partial charge in [-0.1, -0.05) is 132 Å². The third-order valence-electron chi connectivity index (χ3n) is 10.8. The van der Waals surface area contributed by atoms with Crippen LogP contribution in [0.2, 0.25) is 0 Å². The molecule has 0 bridgehead atoms. The molecule has 2 aliphatic carbocycles. The largest absolute Gasteiger partial charge is 0.344 e. The summed E-state index contributed by atoms with van der Waals surface area (Å²) in [5, 5.41) is 0. The number of allylic oxidation sites excluding steroid dienone is 9. The lowest BCUT2D eigenvalue weighted by molar-refractivity contribution is 0.633. The minimum atomic E-state index is -0.0699. The Bertz CT molecular complexity index is 1940. The predicted octanol–water partition coefficient (Wildman–Crippen LogP) is 12.2. The molecular formula is C46H48N2. The van der Waals surface area contributed by atoms with Crippen LogP contribution >= 0.6 is 0 Å². The molecule has 7 rings (SSSR count). The van der Waals surface area contributed by atoms with Gasteiger partial charge < -0.3 is 9.80 Å². The van der Waals surface area contributed by atoms with E-state index in [4.69, 9.17) is 0 Å². The molecule has 1 heterocycles. The fourth-order valence-corrected chi connectivity index (χ4v) is 8.38. The average molecular weight is 629 g/mol. The maximum absolute atomic E-state index is 2.50. The first-order valence-electron chi connectivity index (χ1n) is 17.7. The minimum Gasteiger partial charge on any atom is -0.344 e. The third kappa shape index (κ3) is 5.28. The number of hydrogen-bond acceptors (Lipinski definition) is 2. The Kier molecular flexibility index (Phi) is 8.37. The molecule has 0 atom stereocenters. The summed E-state index contributed by atoms with van der Waals surface area (Å²) in [5.74, 6) is 0. The number of benzene rings is 4. The first kappa shape index (κ1) is 31.8. The summed E-state index contributed by atoms with van der Waals surface area (Å²) in [7, 11) is 0. The van der Waals surface area contributed by atoms with Crippen molar-refractivity contribution in [1.82, 2.24) is 0 Å². The Labute approximate surface area is 288 Å². The van der Waals surface area contributed by atoms with Crippen LogP contribution in [0.3, 0.4) is 0 Å². The average Bonchev–Trinajstić information content (AvgIpc) is 3.68. The van der Waals surface area contributed by atoms with E-state index >= 15 is 0 Å². The summed E-state index contributed by atoms with van der Waals surface area (Å²) < 4.78 is 0. The number of anilines is 3. The second-order valence-electron chi connectivity index (χ2n) is 14.3. The van der Waals surface area contributed by atoms with E-state index in [-0.39, 0.29) is 10.8 Å². The van der Waals surface area contributed by atoms with Crippen LogP contribution in [0.5, 0.6) is 0 Å². The molecule has 48 heavy (non-hydrogen) atoms. The standard InChI is InChI=1S/C46H48N2/c1-7-37-38-23-15-16-24-39(38)45(3,4)40(37)31-29-33-27-28-34(30-32-43-46(5,6)41-25-17-18-26-42(41)47(43)8-2)44(33)48(35-19-11-9-12-20-35)36-21-13-10-14-22-36/h9-26,29-32H,7-8,27-28H2,1-6H3/b31-29+,34-30?,43-32+. The highest BCUT2D eigenvalue weighted by molar-refractivity contribution is 5.82. The lowest BCUT2D eigenvalue weighted by Crippen LogP contribution is -2.25. The molecule has 0 spiro atoms. The maximum atomic E-state index is 2.50. The molecule has 0 N–H and O–H groups in total. The lowest BCUT2D eigenvalue weighted by atomic mass is 9.81. The van der Waals surface area contributed by atoms with Crippen LogP contribution in [0, 0.1) is 0 Å². The molecular weight excluding hydrogens is 581 g/mol. The van der Waals surface area contributed by atoms with Gasteiger partial charge in [-0.15, -0.1) is 0 Å². The minimum absolute atomic E-state index is 0.0356. The summed E-state index contributed by atoms with van der Waals surface area (Å²) in [6.45, 7) is 15.0. The van der Waals surface area contributed by atoms with E-state index in [1.54, 1.807) is 0 Å². The maximum Gasteiger partial charge on any atom is 0.0525 e. The smallest absolute Gasteiger partial charge is 0.0525 e. The Morgan fingerprint density at radius 2 is 1.25 bits per heavy atom. The quantitative estimate of drug-likeness (QED) is 0.192. The van der Waals surface area contributed by atoms with E-state index < -0.39 is 0 Å². The predicted molar refractivity (Wildman–Crippen MR) is 206 cm³/mol. The number of nitrogens with zero attached hydrogens (tertiary/aromatic N) is 2. The van der Waals surface area contributed by atoms with Crippen LogP contribution in [0.4, 0.5) is 17.1 Å². The summed E-state index contributed by atoms with van der Waals surface area (Å²) in [6, 6.07) is 39.6. The Morgan fingerprint density at radius 1 is 0.646 bits per heavy atom. The highest BCUT2D eigenvalue weighted by Gasteiger charge is 2.39. The van der Waals surface area contributed by atoms with Crippen LogP contribution in [0.25, 0.3) is 5.57 Å². The molecule has 0 saturated heterocycles. The normalized spacial score (nSPS) is 19.6. The van der Waals surface area contributed by atoms with Gasteiger partial charge in [0, 0.05) is 40.1 Å². The second-order valence-corrected chi connectivity index (χ2v) is 14.3. The number of likely N-dealkylation sites (N-methyl/N-ethyl adjacent to an activating group) is 1. The number of hydrogen-bond donors (Lipinski definition) is 0. The molecule has 0 amide bonds. The Hall–Kier alpha value is -4.82. The van der Waals surface area contributed by atoms with Crippen molar-refractivity contribution in [1.29, 1.82) is 0 Å². The van der Waals surface area contributed by atoms with Crippen molar-refractivity contribution in [2.45, 2.75) is 71.6 Å². The Morgan fingerprint density at radius 3 is 1.90 bits per heavy atom. The van der Waals surface area contributed by atoms with Gasteiger partial charge in [0.25, 0.3) is 0 Å². The zero-order chi connectivity index (χ0) is 33.5. The first-order chi connectivity index (χ1) is 23.3. The van der Waals surface area contributed by atoms with Crippen LogP contribution in [-0.4, -0.2) is 6.54 Å². The molecule has 1 aliphatic heterocycles. The molecule has 3 aliphatic rings. The topological polar surface area (TPSA) is 6.48 Å². The van der Waals surface area contributed by atoms with Crippen molar-refractivity contribution in [3.8, 4) is 0 Å². The number of para-hydroxylation sites is 3. The molecule has 0 unspecified atom stereocenters.